The number of hydrogen-bond acceptors (Lipinski definition) is 6. The molecule has 0 aliphatic carbocycles. The number of benzene rings is 1. The van der Waals surface area contributed by atoms with Crippen LogP contribution in [-0.4, -0.2) is 16.5 Å². The van der Waals surface area contributed by atoms with Crippen LogP contribution >= 0.6 is 0 Å². The van der Waals surface area contributed by atoms with Gasteiger partial charge >= 0.3 is 5.69 Å². The topological polar surface area (TPSA) is 115 Å². The van der Waals surface area contributed by atoms with Gasteiger partial charge in [-0.3, -0.25) is 10.1 Å². The summed E-state index contributed by atoms with van der Waals surface area (Å²) >= 11 is 0. The summed E-state index contributed by atoms with van der Waals surface area (Å²) in [5.41, 5.74) is 6.27. The van der Waals surface area contributed by atoms with E-state index < -0.39 is 4.92 Å². The van der Waals surface area contributed by atoms with Crippen LogP contribution in [0.5, 0.6) is 11.6 Å². The quantitative estimate of drug-likeness (QED) is 0.664. The minimum atomic E-state index is -0.633. The number of nitro groups is 1. The fourth-order valence-electron chi connectivity index (χ4n) is 1.71. The Morgan fingerprint density at radius 3 is 2.67 bits per heavy atom. The summed E-state index contributed by atoms with van der Waals surface area (Å²) < 4.78 is 5.41. The molecule has 0 saturated carbocycles. The van der Waals surface area contributed by atoms with Crippen LogP contribution in [-0.2, 0) is 6.42 Å². The zero-order valence-electron chi connectivity index (χ0n) is 11.0. The van der Waals surface area contributed by atoms with E-state index in [1.807, 2.05) is 12.1 Å². The van der Waals surface area contributed by atoms with Crippen LogP contribution in [0, 0.1) is 21.4 Å². The molecule has 21 heavy (non-hydrogen) atoms. The molecule has 2 aromatic rings. The van der Waals surface area contributed by atoms with Crippen LogP contribution < -0.4 is 10.5 Å². The smallest absolute Gasteiger partial charge is 0.332 e. The third-order valence-electron chi connectivity index (χ3n) is 2.73. The van der Waals surface area contributed by atoms with Crippen molar-refractivity contribution in [3.05, 3.63) is 57.8 Å². The van der Waals surface area contributed by atoms with Gasteiger partial charge in [-0.15, -0.1) is 0 Å². The van der Waals surface area contributed by atoms with Crippen molar-refractivity contribution in [3.63, 3.8) is 0 Å². The van der Waals surface area contributed by atoms with E-state index in [-0.39, 0.29) is 17.1 Å². The fraction of sp³-hybridized carbons (Fsp3) is 0.143. The van der Waals surface area contributed by atoms with E-state index in [0.717, 1.165) is 18.1 Å². The molecule has 0 saturated heterocycles. The molecule has 0 bridgehead atoms. The number of rotatable bonds is 5. The van der Waals surface area contributed by atoms with Crippen LogP contribution in [0.1, 0.15) is 11.1 Å². The predicted molar refractivity (Wildman–Crippen MR) is 74.9 cm³/mol. The molecule has 0 spiro atoms. The van der Waals surface area contributed by atoms with E-state index in [9.17, 15) is 10.1 Å². The van der Waals surface area contributed by atoms with Gasteiger partial charge in [0.05, 0.1) is 10.5 Å². The maximum atomic E-state index is 11.0. The molecule has 1 heterocycles. The lowest BCUT2D eigenvalue weighted by atomic mass is 10.1. The van der Waals surface area contributed by atoms with Gasteiger partial charge in [0, 0.05) is 12.3 Å². The predicted octanol–water partition coefficient (Wildman–Crippen LogP) is 2.15. The van der Waals surface area contributed by atoms with Gasteiger partial charge in [0.15, 0.2) is 0 Å². The van der Waals surface area contributed by atoms with Gasteiger partial charge in [-0.2, -0.15) is 5.26 Å². The molecule has 2 rings (SSSR count). The van der Waals surface area contributed by atoms with Crippen LogP contribution in [0.3, 0.4) is 0 Å². The first-order valence-electron chi connectivity index (χ1n) is 6.15. The molecular formula is C14H12N4O3. The third-order valence-corrected chi connectivity index (χ3v) is 2.73. The first-order valence-corrected chi connectivity index (χ1v) is 6.15. The van der Waals surface area contributed by atoms with E-state index in [1.165, 1.54) is 6.20 Å². The first-order chi connectivity index (χ1) is 10.1. The molecule has 2 N–H and O–H groups in total. The Morgan fingerprint density at radius 2 is 2.10 bits per heavy atom. The monoisotopic (exact) mass is 284 g/mol. The molecule has 106 valence electrons. The summed E-state index contributed by atoms with van der Waals surface area (Å²) in [5.74, 6) is 0.279. The zero-order valence-corrected chi connectivity index (χ0v) is 11.0. The highest BCUT2D eigenvalue weighted by molar-refractivity contribution is 5.48. The molecule has 0 aliphatic rings. The minimum absolute atomic E-state index is 0.104. The van der Waals surface area contributed by atoms with Crippen molar-refractivity contribution in [1.82, 2.24) is 4.98 Å². The molecule has 1 aromatic heterocycles. The van der Waals surface area contributed by atoms with Gasteiger partial charge in [0.1, 0.15) is 11.8 Å². The Hall–Kier alpha value is -2.98. The summed E-state index contributed by atoms with van der Waals surface area (Å²) in [6.07, 6.45) is 1.97. The maximum Gasteiger partial charge on any atom is 0.332 e. The van der Waals surface area contributed by atoms with Crippen molar-refractivity contribution in [1.29, 1.82) is 5.26 Å². The van der Waals surface area contributed by atoms with E-state index in [4.69, 9.17) is 15.7 Å². The molecule has 1 aromatic carbocycles. The summed E-state index contributed by atoms with van der Waals surface area (Å²) in [5, 5.41) is 19.7. The Labute approximate surface area is 120 Å². The van der Waals surface area contributed by atoms with E-state index in [0.29, 0.717) is 12.3 Å². The lowest BCUT2D eigenvalue weighted by Gasteiger charge is -2.06. The number of aromatic nitrogens is 1. The van der Waals surface area contributed by atoms with Crippen molar-refractivity contribution < 1.29 is 9.66 Å². The average Bonchev–Trinajstić information content (AvgIpc) is 2.49. The number of pyridine rings is 1. The highest BCUT2D eigenvalue weighted by atomic mass is 16.6. The van der Waals surface area contributed by atoms with Crippen molar-refractivity contribution in [2.75, 3.05) is 6.54 Å². The van der Waals surface area contributed by atoms with Crippen LogP contribution in [0.15, 0.2) is 36.5 Å². The largest absolute Gasteiger partial charge is 0.434 e. The highest BCUT2D eigenvalue weighted by Crippen LogP contribution is 2.29. The number of hydrogen-bond donors (Lipinski definition) is 1. The summed E-state index contributed by atoms with van der Waals surface area (Å²) in [6.45, 7) is 0.544. The molecule has 0 aliphatic heterocycles. The second-order valence-corrected chi connectivity index (χ2v) is 4.20. The first kappa shape index (κ1) is 14.4. The van der Waals surface area contributed by atoms with Crippen molar-refractivity contribution in [2.24, 2.45) is 5.73 Å². The second kappa shape index (κ2) is 6.45. The van der Waals surface area contributed by atoms with Gasteiger partial charge in [0.25, 0.3) is 5.88 Å². The van der Waals surface area contributed by atoms with Gasteiger partial charge < -0.3 is 10.5 Å². The molecule has 0 amide bonds. The van der Waals surface area contributed by atoms with E-state index in [2.05, 4.69) is 4.98 Å². The third kappa shape index (κ3) is 3.52. The Morgan fingerprint density at radius 1 is 1.38 bits per heavy atom. The lowest BCUT2D eigenvalue weighted by Crippen LogP contribution is -2.02. The fourth-order valence-corrected chi connectivity index (χ4v) is 1.71. The molecule has 0 atom stereocenters. The molecule has 0 unspecified atom stereocenters. The van der Waals surface area contributed by atoms with E-state index in [1.54, 1.807) is 18.2 Å². The molecule has 7 heteroatoms. The number of ether oxygens (including phenoxy) is 1. The molecule has 0 radical (unpaired) electrons. The van der Waals surface area contributed by atoms with Crippen LogP contribution in [0.25, 0.3) is 0 Å². The molecule has 0 fully saturated rings. The second-order valence-electron chi connectivity index (χ2n) is 4.20. The molecule has 7 nitrogen and oxygen atoms in total. The normalized spacial score (nSPS) is 9.90. The summed E-state index contributed by atoms with van der Waals surface area (Å²) in [4.78, 5) is 14.2. The Kier molecular flexibility index (Phi) is 4.43. The van der Waals surface area contributed by atoms with Crippen molar-refractivity contribution >= 4 is 5.69 Å². The van der Waals surface area contributed by atoms with Crippen molar-refractivity contribution in [2.45, 2.75) is 6.42 Å². The lowest BCUT2D eigenvalue weighted by molar-refractivity contribution is -0.386. The van der Waals surface area contributed by atoms with Gasteiger partial charge in [-0.1, -0.05) is 12.1 Å². The molecular weight excluding hydrogens is 272 g/mol. The van der Waals surface area contributed by atoms with Crippen LogP contribution in [0.2, 0.25) is 0 Å². The zero-order chi connectivity index (χ0) is 15.2. The van der Waals surface area contributed by atoms with Gasteiger partial charge in [-0.05, 0) is 30.7 Å². The number of nitrogens with two attached hydrogens (primary N) is 1. The standard InChI is InChI=1S/C14H12N4O3/c15-6-5-10-1-3-12(4-2-10)21-14-13(18(19)20)7-11(8-16)9-17-14/h1-4,7,9H,5-6,15H2. The van der Waals surface area contributed by atoms with Crippen LogP contribution in [0.4, 0.5) is 5.69 Å². The maximum absolute atomic E-state index is 11.0. The highest BCUT2D eigenvalue weighted by Gasteiger charge is 2.18. The van der Waals surface area contributed by atoms with Gasteiger partial charge in [0.2, 0.25) is 0 Å². The van der Waals surface area contributed by atoms with Gasteiger partial charge in [-0.25, -0.2) is 4.98 Å². The van der Waals surface area contributed by atoms with Crippen molar-refractivity contribution in [3.8, 4) is 17.7 Å². The van der Waals surface area contributed by atoms with E-state index >= 15 is 0 Å². The summed E-state index contributed by atoms with van der Waals surface area (Å²) in [6, 6.07) is 9.97. The SMILES string of the molecule is N#Cc1cnc(Oc2ccc(CCN)cc2)c([N+](=O)[O-])c1. The Balaban J connectivity index is 2.26. The number of nitriles is 1. The number of nitrogens with zero attached hydrogens (tertiary/aromatic N) is 3. The average molecular weight is 284 g/mol. The minimum Gasteiger partial charge on any atom is -0.434 e. The Bertz CT molecular complexity index is 692. The summed E-state index contributed by atoms with van der Waals surface area (Å²) in [7, 11) is 0.